The summed E-state index contributed by atoms with van der Waals surface area (Å²) in [6.45, 7) is 0. The molecule has 3 aromatic rings. The van der Waals surface area contributed by atoms with Gasteiger partial charge < -0.3 is 15.5 Å². The summed E-state index contributed by atoms with van der Waals surface area (Å²) in [5.74, 6) is 0.0324. The fourth-order valence-electron chi connectivity index (χ4n) is 3.64. The Labute approximate surface area is 209 Å². The van der Waals surface area contributed by atoms with Crippen molar-refractivity contribution < 1.29 is 14.0 Å². The van der Waals surface area contributed by atoms with E-state index >= 15 is 0 Å². The minimum absolute atomic E-state index is 0.0802. The number of carbonyl (C=O) groups excluding carboxylic acids is 2. The van der Waals surface area contributed by atoms with E-state index in [-0.39, 0.29) is 5.11 Å². The van der Waals surface area contributed by atoms with Crippen molar-refractivity contribution in [1.82, 2.24) is 5.32 Å². The van der Waals surface area contributed by atoms with Gasteiger partial charge in [-0.05, 0) is 73.8 Å². The van der Waals surface area contributed by atoms with Gasteiger partial charge in [0, 0.05) is 16.5 Å². The number of fused-ring (bicyclic) bond motifs is 1. The van der Waals surface area contributed by atoms with Crippen LogP contribution in [0.4, 0.5) is 5.00 Å². The topological polar surface area (TPSA) is 97.4 Å². The van der Waals surface area contributed by atoms with E-state index in [1.807, 2.05) is 0 Å². The number of primary amides is 1. The molecule has 2 aromatic heterocycles. The molecule has 2 amide bonds. The Balaban J connectivity index is 1.40. The summed E-state index contributed by atoms with van der Waals surface area (Å²) in [4.78, 5) is 25.4. The van der Waals surface area contributed by atoms with Crippen LogP contribution in [0.5, 0.6) is 0 Å². The first kappa shape index (κ1) is 23.5. The summed E-state index contributed by atoms with van der Waals surface area (Å²) in [6.07, 6.45) is 6.64. The van der Waals surface area contributed by atoms with Crippen molar-refractivity contribution in [2.24, 2.45) is 5.73 Å². The van der Waals surface area contributed by atoms with E-state index in [4.69, 9.17) is 45.6 Å². The number of thiocarbonyl (C=S) groups is 1. The zero-order valence-corrected chi connectivity index (χ0v) is 20.4. The molecule has 33 heavy (non-hydrogen) atoms. The fraction of sp³-hybridized carbons (Fsp3) is 0.174. The Morgan fingerprint density at radius 2 is 1.94 bits per heavy atom. The van der Waals surface area contributed by atoms with Crippen LogP contribution in [0.15, 0.2) is 40.8 Å². The van der Waals surface area contributed by atoms with Gasteiger partial charge in [0.25, 0.3) is 5.91 Å². The van der Waals surface area contributed by atoms with Crippen LogP contribution in [-0.4, -0.2) is 16.9 Å². The number of anilines is 1. The lowest BCUT2D eigenvalue weighted by molar-refractivity contribution is -0.115. The Kier molecular flexibility index (Phi) is 7.19. The highest BCUT2D eigenvalue weighted by atomic mass is 35.5. The number of hydrogen-bond acceptors (Lipinski definition) is 5. The van der Waals surface area contributed by atoms with Gasteiger partial charge in [-0.15, -0.1) is 11.3 Å². The molecule has 10 heteroatoms. The predicted octanol–water partition coefficient (Wildman–Crippen LogP) is 5.82. The molecule has 0 radical (unpaired) electrons. The second-order valence-electron chi connectivity index (χ2n) is 7.36. The lowest BCUT2D eigenvalue weighted by Crippen LogP contribution is -2.33. The van der Waals surface area contributed by atoms with E-state index in [9.17, 15) is 9.59 Å². The number of halogens is 2. The zero-order valence-electron chi connectivity index (χ0n) is 17.2. The quantitative estimate of drug-likeness (QED) is 0.291. The van der Waals surface area contributed by atoms with Crippen molar-refractivity contribution in [1.29, 1.82) is 0 Å². The summed E-state index contributed by atoms with van der Waals surface area (Å²) in [5, 5.41) is 6.98. The second-order valence-corrected chi connectivity index (χ2v) is 9.66. The van der Waals surface area contributed by atoms with Crippen molar-refractivity contribution in [3.8, 4) is 11.3 Å². The number of rotatable bonds is 5. The van der Waals surface area contributed by atoms with Gasteiger partial charge in [-0.2, -0.15) is 0 Å². The van der Waals surface area contributed by atoms with Crippen LogP contribution in [0.1, 0.15) is 39.4 Å². The highest BCUT2D eigenvalue weighted by Crippen LogP contribution is 2.38. The molecule has 0 unspecified atom stereocenters. The van der Waals surface area contributed by atoms with Crippen molar-refractivity contribution in [2.75, 3.05) is 5.32 Å². The molecule has 0 fully saturated rings. The zero-order chi connectivity index (χ0) is 23.5. The lowest BCUT2D eigenvalue weighted by atomic mass is 9.95. The maximum atomic E-state index is 12.3. The summed E-state index contributed by atoms with van der Waals surface area (Å²) >= 11 is 19.0. The van der Waals surface area contributed by atoms with E-state index in [0.29, 0.717) is 37.7 Å². The van der Waals surface area contributed by atoms with Gasteiger partial charge in [-0.1, -0.05) is 29.3 Å². The number of thiophene rings is 1. The van der Waals surface area contributed by atoms with E-state index in [1.54, 1.807) is 30.3 Å². The third-order valence-electron chi connectivity index (χ3n) is 5.12. The first-order valence-corrected chi connectivity index (χ1v) is 12.1. The maximum Gasteiger partial charge on any atom is 0.251 e. The van der Waals surface area contributed by atoms with Crippen LogP contribution in [-0.2, 0) is 17.6 Å². The molecule has 1 aliphatic carbocycles. The Morgan fingerprint density at radius 3 is 2.73 bits per heavy atom. The van der Waals surface area contributed by atoms with Crippen LogP contribution in [0.3, 0.4) is 0 Å². The monoisotopic (exact) mass is 519 g/mol. The average molecular weight is 520 g/mol. The number of carbonyl (C=O) groups is 2. The smallest absolute Gasteiger partial charge is 0.251 e. The largest absolute Gasteiger partial charge is 0.457 e. The molecule has 0 saturated carbocycles. The predicted molar refractivity (Wildman–Crippen MR) is 137 cm³/mol. The van der Waals surface area contributed by atoms with E-state index in [2.05, 4.69) is 10.6 Å². The number of hydrogen-bond donors (Lipinski definition) is 3. The van der Waals surface area contributed by atoms with Gasteiger partial charge in [0.15, 0.2) is 5.11 Å². The highest BCUT2D eigenvalue weighted by Gasteiger charge is 2.24. The lowest BCUT2D eigenvalue weighted by Gasteiger charge is -2.11. The first-order chi connectivity index (χ1) is 15.8. The molecule has 0 saturated heterocycles. The number of aryl methyl sites for hydroxylation is 1. The minimum atomic E-state index is -0.501. The van der Waals surface area contributed by atoms with Crippen LogP contribution in [0.2, 0.25) is 10.0 Å². The SMILES string of the molecule is NC(=O)c1c(NC(=S)NC(=O)C=Cc2ccc(-c3cccc(Cl)c3Cl)o2)sc2c1CCCC2. The van der Waals surface area contributed by atoms with Crippen LogP contribution in [0.25, 0.3) is 17.4 Å². The minimum Gasteiger partial charge on any atom is -0.457 e. The Bertz CT molecular complexity index is 1280. The summed E-state index contributed by atoms with van der Waals surface area (Å²) in [6, 6.07) is 8.71. The molecule has 2 heterocycles. The molecule has 0 aliphatic heterocycles. The maximum absolute atomic E-state index is 12.3. The number of nitrogens with two attached hydrogens (primary N) is 1. The Morgan fingerprint density at radius 1 is 1.15 bits per heavy atom. The molecule has 1 aromatic carbocycles. The molecule has 4 rings (SSSR count). The van der Waals surface area contributed by atoms with Gasteiger partial charge in [-0.25, -0.2) is 0 Å². The van der Waals surface area contributed by atoms with E-state index in [0.717, 1.165) is 36.1 Å². The highest BCUT2D eigenvalue weighted by molar-refractivity contribution is 7.80. The third-order valence-corrected chi connectivity index (χ3v) is 7.35. The molecule has 0 bridgehead atoms. The molecule has 0 spiro atoms. The van der Waals surface area contributed by atoms with Gasteiger partial charge in [0.05, 0.1) is 15.6 Å². The van der Waals surface area contributed by atoms with E-state index < -0.39 is 11.8 Å². The third kappa shape index (κ3) is 5.30. The fourth-order valence-corrected chi connectivity index (χ4v) is 5.60. The van der Waals surface area contributed by atoms with Gasteiger partial charge in [0.1, 0.15) is 16.5 Å². The first-order valence-electron chi connectivity index (χ1n) is 10.1. The average Bonchev–Trinajstić information content (AvgIpc) is 3.38. The van der Waals surface area contributed by atoms with Crippen LogP contribution >= 0.6 is 46.8 Å². The number of furan rings is 1. The van der Waals surface area contributed by atoms with Crippen molar-refractivity contribution >= 4 is 74.8 Å². The summed E-state index contributed by atoms with van der Waals surface area (Å²) in [7, 11) is 0. The molecule has 0 atom stereocenters. The van der Waals surface area contributed by atoms with E-state index in [1.165, 1.54) is 23.5 Å². The molecular weight excluding hydrogens is 501 g/mol. The second kappa shape index (κ2) is 10.1. The standard InChI is InChI=1S/C23H19Cl2N3O3S2/c24-15-6-3-5-13(20(15)25)16-10-8-12(31-16)9-11-18(29)27-23(32)28-22-19(21(26)30)14-4-1-2-7-17(14)33-22/h3,5-6,8-11H,1-2,4,7H2,(H2,26,30)(H2,27,28,29,32). The van der Waals surface area contributed by atoms with Crippen LogP contribution < -0.4 is 16.4 Å². The van der Waals surface area contributed by atoms with Crippen molar-refractivity contribution in [3.05, 3.63) is 68.2 Å². The molecular formula is C23H19Cl2N3O3S2. The number of benzene rings is 1. The normalized spacial score (nSPS) is 13.0. The van der Waals surface area contributed by atoms with Gasteiger partial charge in [0.2, 0.25) is 5.91 Å². The van der Waals surface area contributed by atoms with Crippen molar-refractivity contribution in [2.45, 2.75) is 25.7 Å². The Hall–Kier alpha value is -2.65. The number of amides is 2. The molecule has 6 nitrogen and oxygen atoms in total. The van der Waals surface area contributed by atoms with Gasteiger partial charge in [-0.3, -0.25) is 14.9 Å². The summed E-state index contributed by atoms with van der Waals surface area (Å²) in [5.41, 5.74) is 7.70. The molecule has 1 aliphatic rings. The van der Waals surface area contributed by atoms with Crippen LogP contribution in [0, 0.1) is 0 Å². The number of nitrogens with one attached hydrogen (secondary N) is 2. The van der Waals surface area contributed by atoms with Gasteiger partial charge >= 0.3 is 0 Å². The summed E-state index contributed by atoms with van der Waals surface area (Å²) < 4.78 is 5.74. The molecule has 4 N–H and O–H groups in total. The van der Waals surface area contributed by atoms with Crippen molar-refractivity contribution in [3.63, 3.8) is 0 Å². The molecule has 170 valence electrons.